The first-order valence-corrected chi connectivity index (χ1v) is 4.76. The maximum atomic E-state index is 11.1. The number of carbonyl (C=O) groups excluding carboxylic acids is 1. The van der Waals surface area contributed by atoms with Crippen LogP contribution in [0.1, 0.15) is 12.5 Å². The van der Waals surface area contributed by atoms with Crippen LogP contribution in [0.2, 0.25) is 0 Å². The van der Waals surface area contributed by atoms with Gasteiger partial charge in [0.15, 0.2) is 0 Å². The van der Waals surface area contributed by atoms with Crippen LogP contribution in [0.5, 0.6) is 5.75 Å². The Labute approximate surface area is 88.7 Å². The highest BCUT2D eigenvalue weighted by molar-refractivity contribution is 7.78. The highest BCUT2D eigenvalue weighted by Gasteiger charge is 2.12. The Balaban J connectivity index is 2.67. The second kappa shape index (κ2) is 5.02. The SMILES string of the molecule is CC(=O)[C@H](Cc1ccc(O)cc1)NS. The molecule has 4 heteroatoms. The van der Waals surface area contributed by atoms with Crippen LogP contribution in [-0.2, 0) is 11.2 Å². The third kappa shape index (κ3) is 3.05. The lowest BCUT2D eigenvalue weighted by Gasteiger charge is -2.11. The van der Waals surface area contributed by atoms with Crippen LogP contribution >= 0.6 is 12.8 Å². The van der Waals surface area contributed by atoms with Gasteiger partial charge in [-0.1, -0.05) is 24.9 Å². The van der Waals surface area contributed by atoms with Crippen molar-refractivity contribution in [2.75, 3.05) is 0 Å². The van der Waals surface area contributed by atoms with Crippen molar-refractivity contribution in [3.63, 3.8) is 0 Å². The summed E-state index contributed by atoms with van der Waals surface area (Å²) >= 11 is 3.89. The molecule has 0 fully saturated rings. The van der Waals surface area contributed by atoms with Crippen LogP contribution in [0.3, 0.4) is 0 Å². The molecule has 1 aromatic carbocycles. The lowest BCUT2D eigenvalue weighted by molar-refractivity contribution is -0.118. The molecule has 2 N–H and O–H groups in total. The van der Waals surface area contributed by atoms with Gasteiger partial charge in [-0.2, -0.15) is 0 Å². The zero-order chi connectivity index (χ0) is 10.6. The van der Waals surface area contributed by atoms with E-state index in [1.807, 2.05) is 0 Å². The van der Waals surface area contributed by atoms with Crippen molar-refractivity contribution in [3.8, 4) is 5.75 Å². The minimum Gasteiger partial charge on any atom is -0.508 e. The molecule has 0 radical (unpaired) electrons. The average Bonchev–Trinajstić information content (AvgIpc) is 2.16. The number of phenols is 1. The highest BCUT2D eigenvalue weighted by atomic mass is 32.1. The summed E-state index contributed by atoms with van der Waals surface area (Å²) in [7, 11) is 0. The number of hydrogen-bond acceptors (Lipinski definition) is 4. The smallest absolute Gasteiger partial charge is 0.147 e. The van der Waals surface area contributed by atoms with E-state index in [1.165, 1.54) is 6.92 Å². The van der Waals surface area contributed by atoms with Crippen LogP contribution in [0, 0.1) is 0 Å². The number of thiol groups is 1. The number of carbonyl (C=O) groups is 1. The molecule has 14 heavy (non-hydrogen) atoms. The zero-order valence-corrected chi connectivity index (χ0v) is 8.79. The minimum atomic E-state index is -0.275. The van der Waals surface area contributed by atoms with Crippen LogP contribution in [0.25, 0.3) is 0 Å². The Hall–Kier alpha value is -1.00. The van der Waals surface area contributed by atoms with Crippen molar-refractivity contribution in [1.29, 1.82) is 0 Å². The summed E-state index contributed by atoms with van der Waals surface area (Å²) in [6.45, 7) is 1.52. The van der Waals surface area contributed by atoms with E-state index in [2.05, 4.69) is 17.5 Å². The molecule has 0 aliphatic rings. The van der Waals surface area contributed by atoms with Crippen LogP contribution in [-0.4, -0.2) is 16.9 Å². The number of hydrogen-bond donors (Lipinski definition) is 3. The monoisotopic (exact) mass is 211 g/mol. The fourth-order valence-corrected chi connectivity index (χ4v) is 1.42. The number of ketones is 1. The molecule has 1 atom stereocenters. The number of benzene rings is 1. The molecule has 0 unspecified atom stereocenters. The van der Waals surface area contributed by atoms with E-state index >= 15 is 0 Å². The van der Waals surface area contributed by atoms with E-state index in [0.717, 1.165) is 5.56 Å². The number of Topliss-reactive ketones (excluding diaryl/α,β-unsaturated/α-hetero) is 1. The van der Waals surface area contributed by atoms with E-state index in [-0.39, 0.29) is 17.6 Å². The van der Waals surface area contributed by atoms with Crippen molar-refractivity contribution in [3.05, 3.63) is 29.8 Å². The Morgan fingerprint density at radius 3 is 2.50 bits per heavy atom. The van der Waals surface area contributed by atoms with E-state index in [1.54, 1.807) is 24.3 Å². The minimum absolute atomic E-state index is 0.0491. The summed E-state index contributed by atoms with van der Waals surface area (Å²) in [5.41, 5.74) is 0.990. The molecule has 0 saturated carbocycles. The zero-order valence-electron chi connectivity index (χ0n) is 7.90. The maximum Gasteiger partial charge on any atom is 0.147 e. The topological polar surface area (TPSA) is 49.3 Å². The Bertz CT molecular complexity index is 310. The third-order valence-corrected chi connectivity index (χ3v) is 2.33. The van der Waals surface area contributed by atoms with Crippen LogP contribution in [0.15, 0.2) is 24.3 Å². The summed E-state index contributed by atoms with van der Waals surface area (Å²) in [6, 6.07) is 6.51. The molecule has 0 heterocycles. The second-order valence-electron chi connectivity index (χ2n) is 3.16. The van der Waals surface area contributed by atoms with Gasteiger partial charge < -0.3 is 5.11 Å². The van der Waals surface area contributed by atoms with Crippen molar-refractivity contribution < 1.29 is 9.90 Å². The number of nitrogens with one attached hydrogen (secondary N) is 1. The lowest BCUT2D eigenvalue weighted by atomic mass is 10.0. The van der Waals surface area contributed by atoms with Crippen molar-refractivity contribution in [1.82, 2.24) is 4.72 Å². The molecule has 0 bridgehead atoms. The van der Waals surface area contributed by atoms with E-state index in [4.69, 9.17) is 5.11 Å². The molecule has 3 nitrogen and oxygen atoms in total. The van der Waals surface area contributed by atoms with Gasteiger partial charge in [-0.3, -0.25) is 9.52 Å². The molecule has 76 valence electrons. The summed E-state index contributed by atoms with van der Waals surface area (Å²) in [5.74, 6) is 0.278. The quantitative estimate of drug-likeness (QED) is 0.658. The number of rotatable bonds is 4. The Morgan fingerprint density at radius 2 is 2.07 bits per heavy atom. The molecule has 0 saturated heterocycles. The molecule has 0 amide bonds. The maximum absolute atomic E-state index is 11.1. The Morgan fingerprint density at radius 1 is 1.50 bits per heavy atom. The first-order valence-electron chi connectivity index (χ1n) is 4.31. The highest BCUT2D eigenvalue weighted by Crippen LogP contribution is 2.11. The van der Waals surface area contributed by atoms with Gasteiger partial charge >= 0.3 is 0 Å². The first-order chi connectivity index (χ1) is 6.63. The predicted octanol–water partition coefficient (Wildman–Crippen LogP) is 1.33. The van der Waals surface area contributed by atoms with Crippen molar-refractivity contribution >= 4 is 18.6 Å². The molecule has 1 rings (SSSR count). The van der Waals surface area contributed by atoms with Crippen molar-refractivity contribution in [2.45, 2.75) is 19.4 Å². The summed E-state index contributed by atoms with van der Waals surface area (Å²) in [4.78, 5) is 11.1. The fraction of sp³-hybridized carbons (Fsp3) is 0.300. The summed E-state index contributed by atoms with van der Waals surface area (Å²) in [6.07, 6.45) is 0.582. The normalized spacial score (nSPS) is 12.4. The van der Waals surface area contributed by atoms with Gasteiger partial charge in [-0.25, -0.2) is 0 Å². The Kier molecular flexibility index (Phi) is 3.98. The van der Waals surface area contributed by atoms with E-state index < -0.39 is 0 Å². The molecule has 0 aliphatic heterocycles. The standard InChI is InChI=1S/C10H13NO2S/c1-7(12)10(11-14)6-8-2-4-9(13)5-3-8/h2-5,10-11,13-14H,6H2,1H3/t10-/m0/s1. The van der Waals surface area contributed by atoms with Gasteiger partial charge in [-0.15, -0.1) is 0 Å². The fourth-order valence-electron chi connectivity index (χ4n) is 1.15. The lowest BCUT2D eigenvalue weighted by Crippen LogP contribution is -2.31. The van der Waals surface area contributed by atoms with Gasteiger partial charge in [0.1, 0.15) is 11.5 Å². The average molecular weight is 211 g/mol. The number of phenolic OH excluding ortho intramolecular Hbond substituents is 1. The predicted molar refractivity (Wildman–Crippen MR) is 58.4 cm³/mol. The second-order valence-corrected chi connectivity index (χ2v) is 3.42. The molecule has 0 spiro atoms. The van der Waals surface area contributed by atoms with Gasteiger partial charge in [0.05, 0.1) is 6.04 Å². The molecular formula is C10H13NO2S. The van der Waals surface area contributed by atoms with E-state index in [0.29, 0.717) is 6.42 Å². The van der Waals surface area contributed by atoms with Gasteiger partial charge in [0.2, 0.25) is 0 Å². The molecule has 0 aromatic heterocycles. The summed E-state index contributed by atoms with van der Waals surface area (Å²) < 4.78 is 2.65. The number of aromatic hydroxyl groups is 1. The van der Waals surface area contributed by atoms with Gasteiger partial charge in [-0.05, 0) is 31.0 Å². The third-order valence-electron chi connectivity index (χ3n) is 2.02. The van der Waals surface area contributed by atoms with Crippen LogP contribution in [0.4, 0.5) is 0 Å². The van der Waals surface area contributed by atoms with Gasteiger partial charge in [0, 0.05) is 0 Å². The van der Waals surface area contributed by atoms with E-state index in [9.17, 15) is 4.79 Å². The molecule has 1 aromatic rings. The largest absolute Gasteiger partial charge is 0.508 e. The molecule has 0 aliphatic carbocycles. The first kappa shape index (κ1) is 11.1. The molecular weight excluding hydrogens is 198 g/mol. The summed E-state index contributed by atoms with van der Waals surface area (Å²) in [5, 5.41) is 9.06. The van der Waals surface area contributed by atoms with Crippen molar-refractivity contribution in [2.24, 2.45) is 0 Å². The van der Waals surface area contributed by atoms with Crippen LogP contribution < -0.4 is 4.72 Å². The van der Waals surface area contributed by atoms with Gasteiger partial charge in [0.25, 0.3) is 0 Å².